The van der Waals surface area contributed by atoms with Crippen LogP contribution in [0, 0.1) is 0 Å². The van der Waals surface area contributed by atoms with Crippen molar-refractivity contribution >= 4 is 23.9 Å². The number of rotatable bonds is 7. The second-order valence-corrected chi connectivity index (χ2v) is 11.3. The number of esters is 1. The van der Waals surface area contributed by atoms with E-state index in [1.165, 1.54) is 0 Å². The van der Waals surface area contributed by atoms with E-state index in [2.05, 4.69) is 24.3 Å². The lowest BCUT2D eigenvalue weighted by molar-refractivity contribution is -0.138. The summed E-state index contributed by atoms with van der Waals surface area (Å²) in [6.07, 6.45) is 1.87. The molecule has 0 saturated carbocycles. The number of benzene rings is 4. The molecule has 0 radical (unpaired) electrons. The fraction of sp³-hybridized carbons (Fsp3) is 0.129. The van der Waals surface area contributed by atoms with Crippen molar-refractivity contribution < 1.29 is 14.1 Å². The molecular weight excluding hydrogens is 465 g/mol. The number of carbonyl (C=O) groups excluding carboxylic acids is 1. The summed E-state index contributed by atoms with van der Waals surface area (Å²) in [6, 6.07) is 36.9. The lowest BCUT2D eigenvalue weighted by Crippen LogP contribution is -2.34. The van der Waals surface area contributed by atoms with Gasteiger partial charge in [-0.25, -0.2) is 9.46 Å². The number of nitrogens with zero attached hydrogens (tertiary/aromatic N) is 1. The highest BCUT2D eigenvalue weighted by Crippen LogP contribution is 2.55. The highest BCUT2D eigenvalue weighted by Gasteiger charge is 2.45. The first kappa shape index (κ1) is 24.0. The Balaban J connectivity index is 1.63. The summed E-state index contributed by atoms with van der Waals surface area (Å²) in [5.41, 5.74) is 3.63. The summed E-state index contributed by atoms with van der Waals surface area (Å²) < 4.78 is 22.6. The third kappa shape index (κ3) is 4.46. The van der Waals surface area contributed by atoms with Crippen LogP contribution in [-0.2, 0) is 14.1 Å². The van der Waals surface area contributed by atoms with Gasteiger partial charge in [0.1, 0.15) is 0 Å². The van der Waals surface area contributed by atoms with Crippen LogP contribution >= 0.6 is 7.29 Å². The van der Waals surface area contributed by atoms with Crippen molar-refractivity contribution in [1.82, 2.24) is 4.67 Å². The molecule has 5 rings (SSSR count). The molecule has 1 aliphatic heterocycles. The maximum Gasteiger partial charge on any atom is 0.335 e. The van der Waals surface area contributed by atoms with E-state index in [0.29, 0.717) is 12.1 Å². The van der Waals surface area contributed by atoms with Gasteiger partial charge >= 0.3 is 5.97 Å². The molecule has 0 spiro atoms. The molecule has 0 saturated heterocycles. The van der Waals surface area contributed by atoms with Gasteiger partial charge in [-0.3, -0.25) is 4.57 Å². The molecule has 36 heavy (non-hydrogen) atoms. The molecule has 5 heteroatoms. The maximum atomic E-state index is 15.2. The largest absolute Gasteiger partial charge is 0.463 e. The summed E-state index contributed by atoms with van der Waals surface area (Å²) >= 11 is 0. The van der Waals surface area contributed by atoms with Crippen LogP contribution in [-0.4, -0.2) is 23.8 Å². The average Bonchev–Trinajstić information content (AvgIpc) is 3.40. The Morgan fingerprint density at radius 3 is 1.81 bits per heavy atom. The summed E-state index contributed by atoms with van der Waals surface area (Å²) in [7, 11) is -3.29. The van der Waals surface area contributed by atoms with E-state index < -0.39 is 13.3 Å². The summed E-state index contributed by atoms with van der Waals surface area (Å²) in [5.74, 6) is -0.371. The van der Waals surface area contributed by atoms with Gasteiger partial charge in [0.05, 0.1) is 18.2 Å². The van der Waals surface area contributed by atoms with Gasteiger partial charge in [-0.2, -0.15) is 0 Å². The van der Waals surface area contributed by atoms with Gasteiger partial charge in [0.2, 0.25) is 7.29 Å². The third-order valence-corrected chi connectivity index (χ3v) is 9.62. The van der Waals surface area contributed by atoms with E-state index in [1.807, 2.05) is 102 Å². The molecule has 4 aromatic rings. The zero-order chi connectivity index (χ0) is 25.0. The van der Waals surface area contributed by atoms with Gasteiger partial charge < -0.3 is 4.74 Å². The summed E-state index contributed by atoms with van der Waals surface area (Å²) in [6.45, 7) is 2.46. The fourth-order valence-corrected chi connectivity index (χ4v) is 7.74. The lowest BCUT2D eigenvalue weighted by atomic mass is 9.97. The van der Waals surface area contributed by atoms with Gasteiger partial charge in [0, 0.05) is 17.2 Å². The zero-order valence-electron chi connectivity index (χ0n) is 20.2. The Morgan fingerprint density at radius 2 is 1.28 bits per heavy atom. The lowest BCUT2D eigenvalue weighted by Gasteiger charge is -2.35. The van der Waals surface area contributed by atoms with Crippen LogP contribution in [0.3, 0.4) is 0 Å². The Labute approximate surface area is 212 Å². The first-order valence-electron chi connectivity index (χ1n) is 12.1. The third-order valence-electron chi connectivity index (χ3n) is 6.51. The Hall–Kier alpha value is -3.72. The highest BCUT2D eigenvalue weighted by atomic mass is 31.2. The molecule has 0 aliphatic carbocycles. The van der Waals surface area contributed by atoms with Crippen LogP contribution in [0.5, 0.6) is 0 Å². The predicted molar refractivity (Wildman–Crippen MR) is 146 cm³/mol. The molecule has 4 nitrogen and oxygen atoms in total. The standard InChI is InChI=1S/C31H28NO3P/c1-2-35-31(33)29-22-23-32(30(29)26-20-18-25(19-21-26)24-12-6-3-7-13-24)36(34,27-14-8-4-9-15-27)28-16-10-5-11-17-28/h3-22,30H,2,23H2,1H3/t30-/m0/s1. The molecular formula is C31H28NO3P. The maximum absolute atomic E-state index is 15.2. The molecule has 0 amide bonds. The van der Waals surface area contributed by atoms with Crippen LogP contribution in [0.2, 0.25) is 0 Å². The molecule has 4 aromatic carbocycles. The fourth-order valence-electron chi connectivity index (χ4n) is 4.80. The van der Waals surface area contributed by atoms with Gasteiger partial charge in [-0.05, 0) is 47.9 Å². The predicted octanol–water partition coefficient (Wildman–Crippen LogP) is 6.13. The van der Waals surface area contributed by atoms with Crippen LogP contribution in [0.15, 0.2) is 127 Å². The molecule has 0 N–H and O–H groups in total. The Kier molecular flexibility index (Phi) is 6.99. The molecule has 1 atom stereocenters. The second-order valence-electron chi connectivity index (χ2n) is 8.64. The van der Waals surface area contributed by atoms with Crippen LogP contribution in [0.25, 0.3) is 11.1 Å². The SMILES string of the molecule is CCOC(=O)C1=CCN(P(=O)(c2ccccc2)c2ccccc2)[C@H]1c1ccc(-c2ccccc2)cc1. The van der Waals surface area contributed by atoms with E-state index >= 15 is 4.57 Å². The van der Waals surface area contributed by atoms with Crippen molar-refractivity contribution in [2.75, 3.05) is 13.2 Å². The van der Waals surface area contributed by atoms with E-state index in [9.17, 15) is 4.79 Å². The molecule has 1 heterocycles. The molecule has 0 aromatic heterocycles. The van der Waals surface area contributed by atoms with E-state index in [0.717, 1.165) is 27.3 Å². The molecule has 0 fully saturated rings. The van der Waals surface area contributed by atoms with Gasteiger partial charge in [-0.1, -0.05) is 97.1 Å². The molecule has 0 unspecified atom stereocenters. The smallest absolute Gasteiger partial charge is 0.335 e. The molecule has 1 aliphatic rings. The Morgan fingerprint density at radius 1 is 0.778 bits per heavy atom. The highest BCUT2D eigenvalue weighted by molar-refractivity contribution is 7.76. The summed E-state index contributed by atoms with van der Waals surface area (Å²) in [4.78, 5) is 13.1. The van der Waals surface area contributed by atoms with E-state index in [-0.39, 0.29) is 12.6 Å². The number of hydrogen-bond donors (Lipinski definition) is 0. The Bertz CT molecular complexity index is 1360. The first-order valence-corrected chi connectivity index (χ1v) is 13.8. The van der Waals surface area contributed by atoms with Crippen LogP contribution < -0.4 is 10.6 Å². The molecule has 0 bridgehead atoms. The van der Waals surface area contributed by atoms with Crippen LogP contribution in [0.1, 0.15) is 18.5 Å². The second kappa shape index (κ2) is 10.5. The van der Waals surface area contributed by atoms with Gasteiger partial charge in [0.25, 0.3) is 0 Å². The number of ether oxygens (including phenoxy) is 1. The quantitative estimate of drug-likeness (QED) is 0.230. The minimum Gasteiger partial charge on any atom is -0.463 e. The monoisotopic (exact) mass is 493 g/mol. The van der Waals surface area contributed by atoms with Crippen molar-refractivity contribution in [3.8, 4) is 11.1 Å². The van der Waals surface area contributed by atoms with Crippen molar-refractivity contribution in [1.29, 1.82) is 0 Å². The number of hydrogen-bond acceptors (Lipinski definition) is 3. The van der Waals surface area contributed by atoms with Crippen molar-refractivity contribution in [3.63, 3.8) is 0 Å². The van der Waals surface area contributed by atoms with E-state index in [4.69, 9.17) is 4.74 Å². The zero-order valence-corrected chi connectivity index (χ0v) is 21.1. The van der Waals surface area contributed by atoms with Gasteiger partial charge in [-0.15, -0.1) is 0 Å². The van der Waals surface area contributed by atoms with Crippen molar-refractivity contribution in [2.24, 2.45) is 0 Å². The summed E-state index contributed by atoms with van der Waals surface area (Å²) in [5, 5.41) is 1.47. The number of carbonyl (C=O) groups is 1. The van der Waals surface area contributed by atoms with Crippen LogP contribution in [0.4, 0.5) is 0 Å². The minimum absolute atomic E-state index is 0.283. The van der Waals surface area contributed by atoms with Gasteiger partial charge in [0.15, 0.2) is 0 Å². The normalized spacial score (nSPS) is 15.9. The average molecular weight is 494 g/mol. The minimum atomic E-state index is -3.29. The van der Waals surface area contributed by atoms with Crippen molar-refractivity contribution in [2.45, 2.75) is 13.0 Å². The van der Waals surface area contributed by atoms with E-state index in [1.54, 1.807) is 6.92 Å². The molecule has 180 valence electrons. The topological polar surface area (TPSA) is 46.6 Å². The first-order chi connectivity index (χ1) is 17.6. The van der Waals surface area contributed by atoms with Crippen molar-refractivity contribution in [3.05, 3.63) is 132 Å².